The number of hydrogen-bond donors (Lipinski definition) is 1. The molecule has 4 nitrogen and oxygen atoms in total. The minimum Gasteiger partial charge on any atom is -0.497 e. The first-order valence-corrected chi connectivity index (χ1v) is 6.86. The van der Waals surface area contributed by atoms with Crippen LogP contribution in [0.4, 0.5) is 0 Å². The highest BCUT2D eigenvalue weighted by atomic mass is 16.5. The van der Waals surface area contributed by atoms with Crippen LogP contribution in [0.25, 0.3) is 11.0 Å². The molecule has 1 aromatic heterocycles. The summed E-state index contributed by atoms with van der Waals surface area (Å²) in [6.45, 7) is 0. The fraction of sp³-hybridized carbons (Fsp3) is 0.176. The van der Waals surface area contributed by atoms with Gasteiger partial charge in [0.2, 0.25) is 0 Å². The zero-order valence-electron chi connectivity index (χ0n) is 11.9. The Labute approximate surface area is 123 Å². The second-order valence-corrected chi connectivity index (χ2v) is 4.95. The van der Waals surface area contributed by atoms with Crippen molar-refractivity contribution in [2.45, 2.75) is 12.5 Å². The molecule has 0 fully saturated rings. The minimum absolute atomic E-state index is 0.186. The van der Waals surface area contributed by atoms with Crippen LogP contribution in [0.3, 0.4) is 0 Å². The van der Waals surface area contributed by atoms with Crippen LogP contribution >= 0.6 is 0 Å². The molecule has 21 heavy (non-hydrogen) atoms. The van der Waals surface area contributed by atoms with Crippen LogP contribution in [0, 0.1) is 0 Å². The van der Waals surface area contributed by atoms with Crippen LogP contribution in [-0.4, -0.2) is 17.1 Å². The van der Waals surface area contributed by atoms with Crippen molar-refractivity contribution in [3.63, 3.8) is 0 Å². The van der Waals surface area contributed by atoms with Crippen LogP contribution in [0.1, 0.15) is 17.3 Å². The lowest BCUT2D eigenvalue weighted by Crippen LogP contribution is -2.15. The molecule has 2 N–H and O–H groups in total. The standard InChI is InChI=1S/C17H17N3O/c1-21-13-6-4-5-12(9-13)10-14(18)17-11-19-15-7-2-3-8-16(15)20-17/h2-9,11,14H,10,18H2,1H3. The van der Waals surface area contributed by atoms with Crippen LogP contribution in [0.15, 0.2) is 54.7 Å². The molecule has 4 heteroatoms. The number of methoxy groups -OCH3 is 1. The topological polar surface area (TPSA) is 61.0 Å². The molecule has 106 valence electrons. The van der Waals surface area contributed by atoms with Gasteiger partial charge < -0.3 is 10.5 Å². The number of benzene rings is 2. The molecule has 3 rings (SSSR count). The molecule has 0 aliphatic heterocycles. The molecule has 0 saturated heterocycles. The van der Waals surface area contributed by atoms with E-state index in [-0.39, 0.29) is 6.04 Å². The third-order valence-corrected chi connectivity index (χ3v) is 3.44. The predicted octanol–water partition coefficient (Wildman–Crippen LogP) is 2.88. The third-order valence-electron chi connectivity index (χ3n) is 3.44. The van der Waals surface area contributed by atoms with E-state index in [1.807, 2.05) is 48.5 Å². The van der Waals surface area contributed by atoms with Crippen molar-refractivity contribution in [3.8, 4) is 5.75 Å². The van der Waals surface area contributed by atoms with Crippen molar-refractivity contribution in [1.29, 1.82) is 0 Å². The van der Waals surface area contributed by atoms with Gasteiger partial charge in [-0.2, -0.15) is 0 Å². The first-order valence-electron chi connectivity index (χ1n) is 6.86. The Balaban J connectivity index is 1.84. The van der Waals surface area contributed by atoms with Crippen LogP contribution in [0.2, 0.25) is 0 Å². The second kappa shape index (κ2) is 5.89. The van der Waals surface area contributed by atoms with Crippen LogP contribution in [-0.2, 0) is 6.42 Å². The number of rotatable bonds is 4. The molecular formula is C17H17N3O. The van der Waals surface area contributed by atoms with Gasteiger partial charge in [0.25, 0.3) is 0 Å². The van der Waals surface area contributed by atoms with Crippen molar-refractivity contribution in [2.24, 2.45) is 5.73 Å². The van der Waals surface area contributed by atoms with E-state index in [0.717, 1.165) is 28.0 Å². The van der Waals surface area contributed by atoms with Gasteiger partial charge in [0.05, 0.1) is 36.1 Å². The minimum atomic E-state index is -0.186. The maximum atomic E-state index is 6.27. The van der Waals surface area contributed by atoms with E-state index in [1.165, 1.54) is 0 Å². The van der Waals surface area contributed by atoms with E-state index in [9.17, 15) is 0 Å². The van der Waals surface area contributed by atoms with Crippen molar-refractivity contribution in [2.75, 3.05) is 7.11 Å². The SMILES string of the molecule is COc1cccc(CC(N)c2cnc3ccccc3n2)c1. The zero-order chi connectivity index (χ0) is 14.7. The summed E-state index contributed by atoms with van der Waals surface area (Å²) in [5.74, 6) is 0.837. The van der Waals surface area contributed by atoms with Crippen LogP contribution < -0.4 is 10.5 Å². The summed E-state index contributed by atoms with van der Waals surface area (Å²) in [5.41, 5.74) is 9.95. The fourth-order valence-electron chi connectivity index (χ4n) is 2.31. The zero-order valence-corrected chi connectivity index (χ0v) is 11.9. The molecule has 0 aliphatic carbocycles. The van der Waals surface area contributed by atoms with Gasteiger partial charge in [0.1, 0.15) is 5.75 Å². The summed E-state index contributed by atoms with van der Waals surface area (Å²) in [4.78, 5) is 9.01. The van der Waals surface area contributed by atoms with E-state index < -0.39 is 0 Å². The van der Waals surface area contributed by atoms with Crippen molar-refractivity contribution < 1.29 is 4.74 Å². The average molecular weight is 279 g/mol. The maximum Gasteiger partial charge on any atom is 0.119 e. The predicted molar refractivity (Wildman–Crippen MR) is 83.2 cm³/mol. The van der Waals surface area contributed by atoms with Crippen LogP contribution in [0.5, 0.6) is 5.75 Å². The number of fused-ring (bicyclic) bond motifs is 1. The Morgan fingerprint density at radius 3 is 2.71 bits per heavy atom. The van der Waals surface area contributed by atoms with Gasteiger partial charge >= 0.3 is 0 Å². The average Bonchev–Trinajstić information content (AvgIpc) is 2.54. The normalized spacial score (nSPS) is 12.3. The molecule has 0 radical (unpaired) electrons. The largest absolute Gasteiger partial charge is 0.497 e. The molecule has 0 saturated carbocycles. The Kier molecular flexibility index (Phi) is 3.79. The second-order valence-electron chi connectivity index (χ2n) is 4.95. The number of ether oxygens (including phenoxy) is 1. The van der Waals surface area contributed by atoms with Crippen molar-refractivity contribution >= 4 is 11.0 Å². The fourth-order valence-corrected chi connectivity index (χ4v) is 2.31. The Bertz CT molecular complexity index is 758. The number of aromatic nitrogens is 2. The van der Waals surface area contributed by atoms with Gasteiger partial charge in [0.15, 0.2) is 0 Å². The summed E-state index contributed by atoms with van der Waals surface area (Å²) in [6.07, 6.45) is 2.46. The lowest BCUT2D eigenvalue weighted by Gasteiger charge is -2.12. The molecule has 0 aliphatic rings. The molecule has 0 spiro atoms. The Morgan fingerprint density at radius 2 is 1.90 bits per heavy atom. The Morgan fingerprint density at radius 1 is 1.10 bits per heavy atom. The summed E-state index contributed by atoms with van der Waals surface area (Å²) >= 11 is 0. The first-order chi connectivity index (χ1) is 10.3. The van der Waals surface area contributed by atoms with E-state index in [4.69, 9.17) is 10.5 Å². The molecule has 1 heterocycles. The number of nitrogens with two attached hydrogens (primary N) is 1. The number of para-hydroxylation sites is 2. The molecule has 2 aromatic carbocycles. The molecule has 0 bridgehead atoms. The number of hydrogen-bond acceptors (Lipinski definition) is 4. The highest BCUT2D eigenvalue weighted by Gasteiger charge is 2.10. The highest BCUT2D eigenvalue weighted by Crippen LogP contribution is 2.19. The van der Waals surface area contributed by atoms with E-state index in [1.54, 1.807) is 13.3 Å². The lowest BCUT2D eigenvalue weighted by atomic mass is 10.0. The van der Waals surface area contributed by atoms with E-state index in [0.29, 0.717) is 6.42 Å². The number of nitrogens with zero attached hydrogens (tertiary/aromatic N) is 2. The van der Waals surface area contributed by atoms with Gasteiger partial charge in [-0.3, -0.25) is 4.98 Å². The van der Waals surface area contributed by atoms with E-state index in [2.05, 4.69) is 9.97 Å². The first kappa shape index (κ1) is 13.5. The van der Waals surface area contributed by atoms with Crippen molar-refractivity contribution in [1.82, 2.24) is 9.97 Å². The maximum absolute atomic E-state index is 6.27. The molecule has 1 unspecified atom stereocenters. The van der Waals surface area contributed by atoms with Gasteiger partial charge in [-0.25, -0.2) is 4.98 Å². The van der Waals surface area contributed by atoms with E-state index >= 15 is 0 Å². The van der Waals surface area contributed by atoms with Crippen molar-refractivity contribution in [3.05, 3.63) is 66.0 Å². The summed E-state index contributed by atoms with van der Waals surface area (Å²) in [6, 6.07) is 15.5. The smallest absolute Gasteiger partial charge is 0.119 e. The molecular weight excluding hydrogens is 262 g/mol. The highest BCUT2D eigenvalue weighted by molar-refractivity contribution is 5.73. The molecule has 0 amide bonds. The molecule has 1 atom stereocenters. The quantitative estimate of drug-likeness (QED) is 0.797. The monoisotopic (exact) mass is 279 g/mol. The van der Waals surface area contributed by atoms with Gasteiger partial charge in [-0.05, 0) is 36.2 Å². The summed E-state index contributed by atoms with van der Waals surface area (Å²) in [5, 5.41) is 0. The van der Waals surface area contributed by atoms with Gasteiger partial charge in [-0.15, -0.1) is 0 Å². The van der Waals surface area contributed by atoms with Gasteiger partial charge in [-0.1, -0.05) is 24.3 Å². The summed E-state index contributed by atoms with van der Waals surface area (Å²) < 4.78 is 5.23. The molecule has 3 aromatic rings. The third kappa shape index (κ3) is 3.01. The van der Waals surface area contributed by atoms with Gasteiger partial charge in [0, 0.05) is 0 Å². The summed E-state index contributed by atoms with van der Waals surface area (Å²) in [7, 11) is 1.66. The Hall–Kier alpha value is -2.46. The lowest BCUT2D eigenvalue weighted by molar-refractivity contribution is 0.414.